The van der Waals surface area contributed by atoms with Crippen LogP contribution in [0.2, 0.25) is 0 Å². The molecule has 0 aliphatic rings. The Morgan fingerprint density at radius 2 is 0.684 bits per heavy atom. The lowest BCUT2D eigenvalue weighted by atomic mass is 10.2. The van der Waals surface area contributed by atoms with E-state index in [2.05, 4.69) is 0 Å². The highest BCUT2D eigenvalue weighted by atomic mass is 31.2. The van der Waals surface area contributed by atoms with Gasteiger partial charge in [0.25, 0.3) is 0 Å². The first-order valence-corrected chi connectivity index (χ1v) is 12.7. The summed E-state index contributed by atoms with van der Waals surface area (Å²) in [6.45, 7) is 0. The molecule has 0 fully saturated rings. The number of rotatable bonds is 4. The van der Waals surface area contributed by atoms with Crippen molar-refractivity contribution in [2.75, 3.05) is 0 Å². The van der Waals surface area contributed by atoms with E-state index < -0.39 is 42.3 Å². The smallest absolute Gasteiger partial charge is 0.254 e. The number of alkyl halides is 9. The van der Waals surface area contributed by atoms with E-state index in [-0.39, 0.29) is 15.9 Å². The van der Waals surface area contributed by atoms with Crippen molar-refractivity contribution in [2.45, 2.75) is 18.5 Å². The molecule has 0 saturated heterocycles. The summed E-state index contributed by atoms with van der Waals surface area (Å²) < 4.78 is 124. The molecule has 1 nitrogen and oxygen atoms in total. The van der Waals surface area contributed by atoms with Crippen LogP contribution in [0.25, 0.3) is 0 Å². The Labute approximate surface area is 211 Å². The maximum atomic E-state index is 13.3. The van der Waals surface area contributed by atoms with Gasteiger partial charge < -0.3 is 0 Å². The second kappa shape index (κ2) is 9.98. The molecule has 0 atom stereocenters. The van der Waals surface area contributed by atoms with Gasteiger partial charge in [-0.25, -0.2) is 0 Å². The number of benzene rings is 4. The SMILES string of the molecule is FC(F)(F)c1ccc(P(=Nc2ccccc2)(c2ccc(C(F)(F)F)cc2)c2ccc(C(F)(F)F)cc2)cc1. The first-order valence-electron chi connectivity index (χ1n) is 10.9. The Balaban J connectivity index is 2.07. The fourth-order valence-electron chi connectivity index (χ4n) is 3.89. The van der Waals surface area contributed by atoms with E-state index in [9.17, 15) is 39.5 Å². The third-order valence-electron chi connectivity index (χ3n) is 5.73. The van der Waals surface area contributed by atoms with Crippen molar-refractivity contribution in [3.05, 3.63) is 120 Å². The maximum absolute atomic E-state index is 13.3. The molecule has 0 radical (unpaired) electrons. The van der Waals surface area contributed by atoms with Gasteiger partial charge in [0.05, 0.1) is 29.4 Å². The number of hydrogen-bond acceptors (Lipinski definition) is 1. The summed E-state index contributed by atoms with van der Waals surface area (Å²) in [5.74, 6) is 0. The molecule has 4 aromatic rings. The molecule has 0 amide bonds. The summed E-state index contributed by atoms with van der Waals surface area (Å²) in [5.41, 5.74) is -2.53. The highest BCUT2D eigenvalue weighted by Gasteiger charge is 2.35. The van der Waals surface area contributed by atoms with Crippen LogP contribution in [0.3, 0.4) is 0 Å². The minimum absolute atomic E-state index is 0.217. The van der Waals surface area contributed by atoms with Crippen molar-refractivity contribution < 1.29 is 39.5 Å². The van der Waals surface area contributed by atoms with Gasteiger partial charge >= 0.3 is 18.5 Å². The number of nitrogens with zero attached hydrogens (tertiary/aromatic N) is 1. The van der Waals surface area contributed by atoms with Gasteiger partial charge in [-0.2, -0.15) is 39.5 Å². The van der Waals surface area contributed by atoms with Gasteiger partial charge in [0.1, 0.15) is 0 Å². The largest absolute Gasteiger partial charge is 0.416 e. The Bertz CT molecular complexity index is 1290. The van der Waals surface area contributed by atoms with Crippen molar-refractivity contribution in [1.29, 1.82) is 0 Å². The van der Waals surface area contributed by atoms with Crippen LogP contribution in [0.4, 0.5) is 45.2 Å². The highest BCUT2D eigenvalue weighted by Crippen LogP contribution is 2.50. The Morgan fingerprint density at radius 3 is 0.947 bits per heavy atom. The maximum Gasteiger partial charge on any atom is 0.416 e. The quantitative estimate of drug-likeness (QED) is 0.176. The van der Waals surface area contributed by atoms with E-state index in [1.54, 1.807) is 30.3 Å². The fraction of sp³-hybridized carbons (Fsp3) is 0.111. The Hall–Kier alpha value is -3.52. The van der Waals surface area contributed by atoms with Gasteiger partial charge in [-0.3, -0.25) is 4.74 Å². The molecule has 38 heavy (non-hydrogen) atoms. The van der Waals surface area contributed by atoms with E-state index in [0.717, 1.165) is 36.4 Å². The normalized spacial score (nSPS) is 12.9. The van der Waals surface area contributed by atoms with Crippen LogP contribution in [-0.2, 0) is 18.5 Å². The van der Waals surface area contributed by atoms with Crippen LogP contribution in [-0.4, -0.2) is 0 Å². The molecule has 4 aromatic carbocycles. The Morgan fingerprint density at radius 1 is 0.395 bits per heavy atom. The van der Waals surface area contributed by atoms with Crippen molar-refractivity contribution in [1.82, 2.24) is 0 Å². The van der Waals surface area contributed by atoms with Crippen molar-refractivity contribution in [3.63, 3.8) is 0 Å². The Kier molecular flexibility index (Phi) is 7.23. The minimum atomic E-state index is -4.65. The first kappa shape index (κ1) is 27.5. The molecule has 0 N–H and O–H groups in total. The molecule has 0 spiro atoms. The molecule has 0 aliphatic heterocycles. The zero-order valence-electron chi connectivity index (χ0n) is 19.1. The van der Waals surface area contributed by atoms with Crippen molar-refractivity contribution >= 4 is 28.7 Å². The first-order chi connectivity index (χ1) is 17.7. The molecule has 0 aromatic heterocycles. The second-order valence-electron chi connectivity index (χ2n) is 8.20. The van der Waals surface area contributed by atoms with Gasteiger partial charge in [0.15, 0.2) is 0 Å². The summed E-state index contributed by atoms with van der Waals surface area (Å²) in [6.07, 6.45) is -14.0. The van der Waals surface area contributed by atoms with Gasteiger partial charge in [0, 0.05) is 15.9 Å². The average molecular weight is 557 g/mol. The molecular formula is C27H17F9NP. The molecule has 11 heteroatoms. The van der Waals surface area contributed by atoms with E-state index >= 15 is 0 Å². The lowest BCUT2D eigenvalue weighted by Gasteiger charge is -2.28. The van der Waals surface area contributed by atoms with Gasteiger partial charge in [-0.1, -0.05) is 54.6 Å². The van der Waals surface area contributed by atoms with Gasteiger partial charge in [-0.05, 0) is 48.5 Å². The zero-order valence-corrected chi connectivity index (χ0v) is 20.0. The predicted molar refractivity (Wildman–Crippen MR) is 129 cm³/mol. The third-order valence-corrected chi connectivity index (χ3v) is 9.39. The minimum Gasteiger partial charge on any atom is -0.254 e. The van der Waals surface area contributed by atoms with E-state index in [1.807, 2.05) is 0 Å². The van der Waals surface area contributed by atoms with Gasteiger partial charge in [-0.15, -0.1) is 0 Å². The predicted octanol–water partition coefficient (Wildman–Crippen LogP) is 8.55. The lowest BCUT2D eigenvalue weighted by molar-refractivity contribution is -0.138. The van der Waals surface area contributed by atoms with E-state index in [4.69, 9.17) is 4.74 Å². The molecule has 0 unspecified atom stereocenters. The molecule has 198 valence electrons. The van der Waals surface area contributed by atoms with Crippen LogP contribution in [0, 0.1) is 0 Å². The third kappa shape index (κ3) is 5.65. The molecule has 0 heterocycles. The molecule has 0 bridgehead atoms. The van der Waals surface area contributed by atoms with Crippen molar-refractivity contribution in [3.8, 4) is 0 Å². The van der Waals surface area contributed by atoms with Crippen LogP contribution in [0.1, 0.15) is 16.7 Å². The summed E-state index contributed by atoms with van der Waals surface area (Å²) >= 11 is 0. The lowest BCUT2D eigenvalue weighted by Crippen LogP contribution is -2.26. The fourth-order valence-corrected chi connectivity index (χ4v) is 7.35. The second-order valence-corrected chi connectivity index (χ2v) is 11.2. The highest BCUT2D eigenvalue weighted by molar-refractivity contribution is 7.87. The van der Waals surface area contributed by atoms with Crippen molar-refractivity contribution in [2.24, 2.45) is 4.74 Å². The number of halogens is 9. The van der Waals surface area contributed by atoms with Gasteiger partial charge in [0.2, 0.25) is 0 Å². The van der Waals surface area contributed by atoms with Crippen LogP contribution in [0.5, 0.6) is 0 Å². The standard InChI is InChI=1S/C27H17F9NP/c28-25(29,30)18-6-12-22(13-7-18)38(37-21-4-2-1-3-5-21,23-14-8-19(9-15-23)26(31,32)33)24-16-10-20(11-17-24)27(34,35)36/h1-17H. The topological polar surface area (TPSA) is 12.4 Å². The summed E-state index contributed by atoms with van der Waals surface area (Å²) in [5, 5.41) is 0.650. The zero-order chi connectivity index (χ0) is 27.8. The molecule has 0 saturated carbocycles. The van der Waals surface area contributed by atoms with Crippen LogP contribution >= 0.6 is 7.05 Å². The van der Waals surface area contributed by atoms with E-state index in [1.165, 1.54) is 36.4 Å². The summed E-state index contributed by atoms with van der Waals surface area (Å²) in [6, 6.07) is 20.0. The van der Waals surface area contributed by atoms with Crippen LogP contribution < -0.4 is 15.9 Å². The summed E-state index contributed by atoms with van der Waals surface area (Å²) in [7, 11) is -3.47. The molecule has 0 aliphatic carbocycles. The molecular weight excluding hydrogens is 540 g/mol. The monoisotopic (exact) mass is 557 g/mol. The van der Waals surface area contributed by atoms with Crippen LogP contribution in [0.15, 0.2) is 108 Å². The molecule has 4 rings (SSSR count). The summed E-state index contributed by atoms with van der Waals surface area (Å²) in [4.78, 5) is 0. The number of hydrogen-bond donors (Lipinski definition) is 0. The van der Waals surface area contributed by atoms with E-state index in [0.29, 0.717) is 5.69 Å². The average Bonchev–Trinajstić information content (AvgIpc) is 2.87.